The zero-order valence-electron chi connectivity index (χ0n) is 36.7. The molecule has 0 spiro atoms. The van der Waals surface area contributed by atoms with Crippen LogP contribution in [0.25, 0.3) is 0 Å². The van der Waals surface area contributed by atoms with Crippen LogP contribution in [0.4, 0.5) is 0 Å². The molecule has 0 heterocycles. The maximum absolute atomic E-state index is 12.7. The quantitative estimate of drug-likeness (QED) is 0.0155. The van der Waals surface area contributed by atoms with Gasteiger partial charge in [-0.1, -0.05) is 139 Å². The fraction of sp³-hybridized carbons (Fsp3) is 0.739. The van der Waals surface area contributed by atoms with Gasteiger partial charge in [-0.25, -0.2) is 4.57 Å². The first-order valence-corrected chi connectivity index (χ1v) is 23.6. The van der Waals surface area contributed by atoms with Gasteiger partial charge in [0.05, 0.1) is 33.9 Å². The number of quaternary nitrogens is 1. The highest BCUT2D eigenvalue weighted by Crippen LogP contribution is 2.43. The van der Waals surface area contributed by atoms with Crippen LogP contribution in [-0.2, 0) is 32.7 Å². The second-order valence-electron chi connectivity index (χ2n) is 15.9. The van der Waals surface area contributed by atoms with Crippen molar-refractivity contribution in [3.05, 3.63) is 60.8 Å². The van der Waals surface area contributed by atoms with Crippen molar-refractivity contribution in [3.63, 3.8) is 0 Å². The third-order valence-electron chi connectivity index (χ3n) is 9.10. The number of unbranched alkanes of at least 4 members (excludes halogenated alkanes) is 15. The number of phosphoric ester groups is 1. The van der Waals surface area contributed by atoms with Crippen molar-refractivity contribution in [2.45, 2.75) is 174 Å². The molecule has 1 unspecified atom stereocenters. The molecule has 0 aromatic heterocycles. The van der Waals surface area contributed by atoms with Crippen molar-refractivity contribution in [3.8, 4) is 0 Å². The summed E-state index contributed by atoms with van der Waals surface area (Å²) in [6, 6.07) is 0. The van der Waals surface area contributed by atoms with Gasteiger partial charge in [0.15, 0.2) is 6.10 Å². The highest BCUT2D eigenvalue weighted by molar-refractivity contribution is 7.47. The van der Waals surface area contributed by atoms with Gasteiger partial charge in [0.2, 0.25) is 0 Å². The number of aliphatic hydroxyl groups excluding tert-OH is 1. The molecule has 0 aromatic rings. The number of nitrogens with zero attached hydrogens (tertiary/aromatic N) is 1. The van der Waals surface area contributed by atoms with Crippen LogP contribution >= 0.6 is 7.82 Å². The van der Waals surface area contributed by atoms with E-state index in [0.717, 1.165) is 44.9 Å². The molecule has 0 fully saturated rings. The third kappa shape index (κ3) is 41.6. The molecule has 0 aliphatic rings. The van der Waals surface area contributed by atoms with E-state index in [1.165, 1.54) is 64.2 Å². The number of aliphatic hydroxyl groups is 1. The van der Waals surface area contributed by atoms with Crippen LogP contribution in [-0.4, -0.2) is 86.1 Å². The summed E-state index contributed by atoms with van der Waals surface area (Å²) in [7, 11) is 1.39. The van der Waals surface area contributed by atoms with Crippen LogP contribution in [0, 0.1) is 0 Å². The average Bonchev–Trinajstić information content (AvgIpc) is 3.15. The number of allylic oxidation sites excluding steroid dienone is 8. The zero-order valence-corrected chi connectivity index (χ0v) is 37.6. The predicted octanol–water partition coefficient (Wildman–Crippen LogP) is 11.4. The second-order valence-corrected chi connectivity index (χ2v) is 17.4. The Kier molecular flexibility index (Phi) is 36.4. The lowest BCUT2D eigenvalue weighted by Crippen LogP contribution is -2.37. The maximum atomic E-state index is 12.7. The van der Waals surface area contributed by atoms with Crippen molar-refractivity contribution < 1.29 is 47.2 Å². The Hall–Kier alpha value is -2.33. The van der Waals surface area contributed by atoms with Crippen LogP contribution in [0.5, 0.6) is 0 Å². The van der Waals surface area contributed by atoms with Gasteiger partial charge >= 0.3 is 19.8 Å². The normalized spacial score (nSPS) is 14.7. The molecule has 330 valence electrons. The van der Waals surface area contributed by atoms with Crippen LogP contribution in [0.1, 0.15) is 162 Å². The van der Waals surface area contributed by atoms with Crippen molar-refractivity contribution in [2.24, 2.45) is 0 Å². The molecule has 0 aromatic carbocycles. The molecular formula is C46H83NO9P+. The topological polar surface area (TPSA) is 129 Å². The Morgan fingerprint density at radius 3 is 1.84 bits per heavy atom. The number of hydrogen-bond acceptors (Lipinski definition) is 8. The summed E-state index contributed by atoms with van der Waals surface area (Å²) >= 11 is 0. The van der Waals surface area contributed by atoms with E-state index < -0.39 is 38.6 Å². The molecule has 2 N–H and O–H groups in total. The summed E-state index contributed by atoms with van der Waals surface area (Å²) in [5.74, 6) is -0.917. The Morgan fingerprint density at radius 2 is 1.18 bits per heavy atom. The summed E-state index contributed by atoms with van der Waals surface area (Å²) < 4.78 is 34.2. The van der Waals surface area contributed by atoms with E-state index in [4.69, 9.17) is 18.5 Å². The van der Waals surface area contributed by atoms with E-state index in [1.807, 2.05) is 57.6 Å². The lowest BCUT2D eigenvalue weighted by Gasteiger charge is -2.24. The molecule has 0 saturated heterocycles. The van der Waals surface area contributed by atoms with Gasteiger partial charge in [0.1, 0.15) is 19.8 Å². The minimum atomic E-state index is -4.41. The van der Waals surface area contributed by atoms with Crippen molar-refractivity contribution >= 4 is 19.8 Å². The number of likely N-dealkylation sites (N-methyl/N-ethyl adjacent to an activating group) is 1. The van der Waals surface area contributed by atoms with Gasteiger partial charge in [-0.3, -0.25) is 18.6 Å². The number of carbonyl (C=O) groups is 2. The SMILES string of the molecule is CCCCC/C=C\C[C@H](O)/C=C/C=C\C/C=C\CCCC(=O)O[C@H](COC(=O)CCCCCCC/C=C\CCCCCCCC)COP(=O)(O)OCC[N+](C)(C)C. The molecule has 0 saturated carbocycles. The minimum Gasteiger partial charge on any atom is -0.462 e. The van der Waals surface area contributed by atoms with Gasteiger partial charge in [0.25, 0.3) is 0 Å². The van der Waals surface area contributed by atoms with Gasteiger partial charge in [-0.15, -0.1) is 0 Å². The fourth-order valence-electron chi connectivity index (χ4n) is 5.55. The molecule has 0 amide bonds. The standard InChI is InChI=1S/C46H82NO9P/c1-6-8-10-12-14-15-16-17-18-19-20-21-25-29-33-37-45(49)53-41-44(42-55-57(51,52)54-40-39-47(3,4)5)56-46(50)38-34-30-26-23-22-24-28-32-36-43(48)35-31-27-13-11-9-7-2/h17-18,23-24,26-28,31-32,36,43-44,48H,6-16,19-22,25,29-30,33-35,37-42H2,1-5H3/p+1/b18-17-,26-23-,28-24-,31-27-,36-32+/t43-,44+/m0/s1. The fourth-order valence-corrected chi connectivity index (χ4v) is 6.30. The first kappa shape index (κ1) is 54.7. The largest absolute Gasteiger partial charge is 0.472 e. The molecule has 0 bridgehead atoms. The molecular weight excluding hydrogens is 741 g/mol. The first-order valence-electron chi connectivity index (χ1n) is 22.1. The number of phosphoric acid groups is 1. The van der Waals surface area contributed by atoms with E-state index in [0.29, 0.717) is 36.7 Å². The molecule has 10 nitrogen and oxygen atoms in total. The number of esters is 2. The van der Waals surface area contributed by atoms with Gasteiger partial charge < -0.3 is 24.0 Å². The van der Waals surface area contributed by atoms with Crippen LogP contribution < -0.4 is 0 Å². The monoisotopic (exact) mass is 825 g/mol. The molecule has 0 rings (SSSR count). The van der Waals surface area contributed by atoms with Gasteiger partial charge in [-0.2, -0.15) is 0 Å². The molecule has 11 heteroatoms. The molecule has 0 aliphatic heterocycles. The van der Waals surface area contributed by atoms with E-state index in [9.17, 15) is 24.2 Å². The summed E-state index contributed by atoms with van der Waals surface area (Å²) in [4.78, 5) is 35.3. The van der Waals surface area contributed by atoms with Crippen LogP contribution in [0.15, 0.2) is 60.8 Å². The van der Waals surface area contributed by atoms with Gasteiger partial charge in [0, 0.05) is 12.8 Å². The maximum Gasteiger partial charge on any atom is 0.472 e. The third-order valence-corrected chi connectivity index (χ3v) is 10.1. The highest BCUT2D eigenvalue weighted by atomic mass is 31.2. The van der Waals surface area contributed by atoms with Crippen LogP contribution in [0.3, 0.4) is 0 Å². The van der Waals surface area contributed by atoms with Crippen LogP contribution in [0.2, 0.25) is 0 Å². The summed E-state index contributed by atoms with van der Waals surface area (Å²) in [5, 5.41) is 10.0. The van der Waals surface area contributed by atoms with E-state index in [1.54, 1.807) is 6.08 Å². The molecule has 57 heavy (non-hydrogen) atoms. The van der Waals surface area contributed by atoms with Crippen molar-refractivity contribution in [1.29, 1.82) is 0 Å². The minimum absolute atomic E-state index is 0.00688. The van der Waals surface area contributed by atoms with E-state index >= 15 is 0 Å². The predicted molar refractivity (Wildman–Crippen MR) is 235 cm³/mol. The zero-order chi connectivity index (χ0) is 42.3. The number of hydrogen-bond donors (Lipinski definition) is 2. The molecule has 3 atom stereocenters. The second kappa shape index (κ2) is 37.9. The first-order chi connectivity index (χ1) is 27.4. The lowest BCUT2D eigenvalue weighted by atomic mass is 10.1. The number of ether oxygens (including phenoxy) is 2. The Bertz CT molecular complexity index is 1170. The number of carbonyl (C=O) groups excluding carboxylic acids is 2. The van der Waals surface area contributed by atoms with E-state index in [-0.39, 0.29) is 26.1 Å². The Labute approximate surface area is 348 Å². The highest BCUT2D eigenvalue weighted by Gasteiger charge is 2.27. The molecule has 0 aliphatic carbocycles. The summed E-state index contributed by atoms with van der Waals surface area (Å²) in [6.07, 6.45) is 41.6. The van der Waals surface area contributed by atoms with E-state index in [2.05, 4.69) is 32.1 Å². The summed E-state index contributed by atoms with van der Waals surface area (Å²) in [5.41, 5.74) is 0. The van der Waals surface area contributed by atoms with Gasteiger partial charge in [-0.05, 0) is 70.6 Å². The average molecular weight is 825 g/mol. The Morgan fingerprint density at radius 1 is 0.632 bits per heavy atom. The smallest absolute Gasteiger partial charge is 0.462 e. The number of rotatable bonds is 39. The lowest BCUT2D eigenvalue weighted by molar-refractivity contribution is -0.870. The Balaban J connectivity index is 4.55. The van der Waals surface area contributed by atoms with Crippen molar-refractivity contribution in [1.82, 2.24) is 0 Å². The van der Waals surface area contributed by atoms with Crippen molar-refractivity contribution in [2.75, 3.05) is 47.5 Å². The summed E-state index contributed by atoms with van der Waals surface area (Å²) in [6.45, 7) is 4.21. The molecule has 0 radical (unpaired) electrons.